The van der Waals surface area contributed by atoms with Crippen molar-refractivity contribution in [3.63, 3.8) is 0 Å². The molecule has 216 valence electrons. The van der Waals surface area contributed by atoms with Gasteiger partial charge in [-0.25, -0.2) is 9.78 Å². The van der Waals surface area contributed by atoms with Gasteiger partial charge in [0.1, 0.15) is 5.69 Å². The van der Waals surface area contributed by atoms with Crippen molar-refractivity contribution >= 4 is 39.5 Å². The van der Waals surface area contributed by atoms with Crippen LogP contribution in [0.4, 0.5) is 18.0 Å². The van der Waals surface area contributed by atoms with Crippen LogP contribution < -0.4 is 0 Å². The molecule has 5 heterocycles. The molecule has 3 aliphatic rings. The number of fused-ring (bicyclic) bond motifs is 2. The highest BCUT2D eigenvalue weighted by molar-refractivity contribution is 7.19. The minimum atomic E-state index is -4.65. The lowest BCUT2D eigenvalue weighted by molar-refractivity contribution is -0.144. The number of halogens is 3. The van der Waals surface area contributed by atoms with Crippen molar-refractivity contribution in [1.29, 1.82) is 0 Å². The summed E-state index contributed by atoms with van der Waals surface area (Å²) in [6.45, 7) is 7.28. The van der Waals surface area contributed by atoms with E-state index in [9.17, 15) is 32.7 Å². The Balaban J connectivity index is 1.36. The van der Waals surface area contributed by atoms with Gasteiger partial charge in [0.2, 0.25) is 11.8 Å². The summed E-state index contributed by atoms with van der Waals surface area (Å²) in [7, 11) is 0. The third-order valence-electron chi connectivity index (χ3n) is 8.60. The number of imide groups is 1. The standard InChI is InChI=1S/C28H28F3N5O4S/c1-14-18(13-34-6-8-35(9-7-34)26(39)40)17(11-20(33-14)28(29,30)31)16-4-5-32-19-10-15(41-23(16)19)12-36-24(37)21-22(25(36)38)27(21,2)3/h4-5,10-11,21-22H,6-9,12-13H2,1-3H3,(H,39,40). The molecule has 3 amide bonds. The second-order valence-corrected chi connectivity index (χ2v) is 12.6. The summed E-state index contributed by atoms with van der Waals surface area (Å²) in [6.07, 6.45) is -4.11. The van der Waals surface area contributed by atoms with Gasteiger partial charge in [-0.2, -0.15) is 13.2 Å². The Hall–Kier alpha value is -3.58. The van der Waals surface area contributed by atoms with Crippen LogP contribution >= 0.6 is 11.3 Å². The van der Waals surface area contributed by atoms with Crippen LogP contribution in [0.1, 0.15) is 35.7 Å². The Labute approximate surface area is 237 Å². The quantitative estimate of drug-likeness (QED) is 0.434. The summed E-state index contributed by atoms with van der Waals surface area (Å²) in [5.41, 5.74) is 1.05. The molecule has 2 unspecified atom stereocenters. The van der Waals surface area contributed by atoms with E-state index in [4.69, 9.17) is 0 Å². The fraction of sp³-hybridized carbons (Fsp3) is 0.464. The number of carbonyl (C=O) groups excluding carboxylic acids is 2. The normalized spacial score (nSPS) is 22.5. The molecular weight excluding hydrogens is 559 g/mol. The van der Waals surface area contributed by atoms with Crippen LogP contribution in [0.5, 0.6) is 0 Å². The zero-order valence-corrected chi connectivity index (χ0v) is 23.5. The van der Waals surface area contributed by atoms with E-state index in [1.165, 1.54) is 27.3 Å². The number of thiophene rings is 1. The number of carboxylic acid groups (broad SMARTS) is 1. The number of hydrogen-bond donors (Lipinski definition) is 1. The van der Waals surface area contributed by atoms with Crippen LogP contribution in [0.2, 0.25) is 0 Å². The summed E-state index contributed by atoms with van der Waals surface area (Å²) < 4.78 is 42.3. The maximum Gasteiger partial charge on any atom is 0.433 e. The van der Waals surface area contributed by atoms with Crippen LogP contribution in [0.3, 0.4) is 0 Å². The minimum Gasteiger partial charge on any atom is -0.465 e. The van der Waals surface area contributed by atoms with Gasteiger partial charge < -0.3 is 10.0 Å². The van der Waals surface area contributed by atoms with E-state index in [-0.39, 0.29) is 41.3 Å². The van der Waals surface area contributed by atoms with Gasteiger partial charge in [0, 0.05) is 55.1 Å². The number of aryl methyl sites for hydroxylation is 1. The first kappa shape index (κ1) is 27.6. The monoisotopic (exact) mass is 587 g/mol. The first-order valence-corrected chi connectivity index (χ1v) is 14.1. The summed E-state index contributed by atoms with van der Waals surface area (Å²) in [4.78, 5) is 50.7. The van der Waals surface area contributed by atoms with Crippen molar-refractivity contribution in [2.45, 2.75) is 40.0 Å². The van der Waals surface area contributed by atoms with Gasteiger partial charge in [0.15, 0.2) is 0 Å². The van der Waals surface area contributed by atoms with Crippen LogP contribution in [0.15, 0.2) is 24.4 Å². The van der Waals surface area contributed by atoms with Crippen LogP contribution in [-0.2, 0) is 28.9 Å². The van der Waals surface area contributed by atoms with Crippen LogP contribution in [0.25, 0.3) is 21.3 Å². The zero-order valence-electron chi connectivity index (χ0n) is 22.7. The van der Waals surface area contributed by atoms with E-state index >= 15 is 0 Å². The SMILES string of the molecule is Cc1nc(C(F)(F)F)cc(-c2ccnc3cc(CN4C(=O)C5C(C4=O)C5(C)C)sc23)c1CN1CCN(C(=O)O)CC1. The summed E-state index contributed by atoms with van der Waals surface area (Å²) >= 11 is 1.31. The number of alkyl halides is 3. The van der Waals surface area contributed by atoms with Gasteiger partial charge in [0.05, 0.1) is 28.6 Å². The molecule has 1 saturated carbocycles. The van der Waals surface area contributed by atoms with Crippen molar-refractivity contribution in [2.24, 2.45) is 17.3 Å². The fourth-order valence-corrected chi connectivity index (χ4v) is 7.33. The van der Waals surface area contributed by atoms with Gasteiger partial charge in [-0.3, -0.25) is 24.4 Å². The van der Waals surface area contributed by atoms with Gasteiger partial charge >= 0.3 is 12.3 Å². The van der Waals surface area contributed by atoms with Crippen molar-refractivity contribution in [1.82, 2.24) is 24.7 Å². The number of nitrogens with zero attached hydrogens (tertiary/aromatic N) is 5. The molecule has 3 aromatic rings. The number of hydrogen-bond acceptors (Lipinski definition) is 7. The molecule has 0 bridgehead atoms. The average Bonchev–Trinajstić information content (AvgIpc) is 3.15. The molecule has 0 radical (unpaired) electrons. The van der Waals surface area contributed by atoms with Gasteiger partial charge in [-0.05, 0) is 41.7 Å². The Morgan fingerprint density at radius 3 is 2.34 bits per heavy atom. The molecule has 2 atom stereocenters. The zero-order chi connectivity index (χ0) is 29.4. The molecule has 1 aliphatic carbocycles. The van der Waals surface area contributed by atoms with E-state index < -0.39 is 18.0 Å². The van der Waals surface area contributed by atoms with Gasteiger partial charge in [-0.1, -0.05) is 13.8 Å². The average molecular weight is 588 g/mol. The molecular formula is C28H28F3N5O4S. The molecule has 41 heavy (non-hydrogen) atoms. The number of piperidine rings is 1. The molecule has 0 spiro atoms. The maximum atomic E-state index is 13.9. The summed E-state index contributed by atoms with van der Waals surface area (Å²) in [6, 6.07) is 4.52. The highest BCUT2D eigenvalue weighted by Crippen LogP contribution is 2.63. The predicted octanol–water partition coefficient (Wildman–Crippen LogP) is 4.62. The number of piperazine rings is 1. The molecule has 6 rings (SSSR count). The molecule has 9 nitrogen and oxygen atoms in total. The largest absolute Gasteiger partial charge is 0.465 e. The molecule has 13 heteroatoms. The molecule has 0 aromatic carbocycles. The first-order chi connectivity index (χ1) is 19.3. The third kappa shape index (κ3) is 4.64. The van der Waals surface area contributed by atoms with Crippen molar-refractivity contribution in [2.75, 3.05) is 26.2 Å². The van der Waals surface area contributed by atoms with E-state index in [1.54, 1.807) is 19.1 Å². The van der Waals surface area contributed by atoms with E-state index in [2.05, 4.69) is 9.97 Å². The van der Waals surface area contributed by atoms with Gasteiger partial charge in [0.25, 0.3) is 0 Å². The van der Waals surface area contributed by atoms with Crippen LogP contribution in [-0.4, -0.2) is 73.9 Å². The minimum absolute atomic E-state index is 0.102. The lowest BCUT2D eigenvalue weighted by atomic mass is 9.97. The molecule has 3 aromatic heterocycles. The molecule has 3 fully saturated rings. The van der Waals surface area contributed by atoms with E-state index in [0.29, 0.717) is 64.5 Å². The number of rotatable bonds is 5. The van der Waals surface area contributed by atoms with E-state index in [1.807, 2.05) is 18.7 Å². The van der Waals surface area contributed by atoms with E-state index in [0.717, 1.165) is 6.07 Å². The Kier molecular flexibility index (Phi) is 6.38. The van der Waals surface area contributed by atoms with Crippen molar-refractivity contribution < 1.29 is 32.7 Å². The second kappa shape index (κ2) is 9.48. The maximum absolute atomic E-state index is 13.9. The number of carbonyl (C=O) groups is 3. The number of aromatic nitrogens is 2. The first-order valence-electron chi connectivity index (χ1n) is 13.3. The second-order valence-electron chi connectivity index (χ2n) is 11.5. The predicted molar refractivity (Wildman–Crippen MR) is 144 cm³/mol. The highest BCUT2D eigenvalue weighted by Gasteiger charge is 2.72. The Morgan fingerprint density at radius 2 is 1.73 bits per heavy atom. The Bertz CT molecular complexity index is 1570. The number of likely N-dealkylation sites (tertiary alicyclic amines) is 1. The molecule has 2 saturated heterocycles. The molecule has 1 N–H and O–H groups in total. The van der Waals surface area contributed by atoms with Crippen molar-refractivity contribution in [3.8, 4) is 11.1 Å². The number of amides is 3. The Morgan fingerprint density at radius 1 is 1.07 bits per heavy atom. The van der Waals surface area contributed by atoms with Gasteiger partial charge in [-0.15, -0.1) is 11.3 Å². The highest BCUT2D eigenvalue weighted by atomic mass is 32.1. The molecule has 2 aliphatic heterocycles. The summed E-state index contributed by atoms with van der Waals surface area (Å²) in [5.74, 6) is -0.946. The lowest BCUT2D eigenvalue weighted by Gasteiger charge is -2.33. The topological polar surface area (TPSA) is 107 Å². The summed E-state index contributed by atoms with van der Waals surface area (Å²) in [5, 5.41) is 9.26. The smallest absolute Gasteiger partial charge is 0.433 e. The van der Waals surface area contributed by atoms with Crippen molar-refractivity contribution in [3.05, 3.63) is 46.2 Å². The lowest BCUT2D eigenvalue weighted by Crippen LogP contribution is -2.47. The number of pyridine rings is 2. The fourth-order valence-electron chi connectivity index (χ4n) is 6.20. The third-order valence-corrected chi connectivity index (χ3v) is 9.75. The van der Waals surface area contributed by atoms with Crippen LogP contribution in [0, 0.1) is 24.2 Å².